The number of nitrogens with zero attached hydrogens (tertiary/aromatic N) is 1. The first-order valence-corrected chi connectivity index (χ1v) is 17.6. The Morgan fingerprint density at radius 2 is 1.48 bits per heavy atom. The summed E-state index contributed by atoms with van der Waals surface area (Å²) < 4.78 is 30.7. The minimum atomic E-state index is -1.98. The smallest absolute Gasteiger partial charge is 0.303 e. The second kappa shape index (κ2) is 10.8. The van der Waals surface area contributed by atoms with Gasteiger partial charge in [-0.25, -0.2) is 0 Å². The van der Waals surface area contributed by atoms with Crippen LogP contribution in [-0.2, 0) is 42.9 Å². The van der Waals surface area contributed by atoms with Crippen LogP contribution in [0.4, 0.5) is 0 Å². The maximum atomic E-state index is 13.6. The molecule has 13 nitrogen and oxygen atoms in total. The number of piperidine rings is 2. The van der Waals surface area contributed by atoms with Crippen molar-refractivity contribution in [3.05, 3.63) is 0 Å². The van der Waals surface area contributed by atoms with E-state index >= 15 is 0 Å². The highest BCUT2D eigenvalue weighted by Gasteiger charge is 2.88. The average molecular weight is 678 g/mol. The summed E-state index contributed by atoms with van der Waals surface area (Å²) >= 11 is 0. The van der Waals surface area contributed by atoms with Gasteiger partial charge in [0.25, 0.3) is 0 Å². The second-order valence-corrected chi connectivity index (χ2v) is 16.6. The van der Waals surface area contributed by atoms with E-state index in [4.69, 9.17) is 23.7 Å². The van der Waals surface area contributed by atoms with Crippen molar-refractivity contribution in [2.75, 3.05) is 13.1 Å². The lowest BCUT2D eigenvalue weighted by Crippen LogP contribution is -2.77. The van der Waals surface area contributed by atoms with Crippen LogP contribution in [-0.4, -0.2) is 110 Å². The number of fused-ring (bicyclic) bond motifs is 5. The van der Waals surface area contributed by atoms with Crippen molar-refractivity contribution < 1.29 is 58.2 Å². The Morgan fingerprint density at radius 1 is 0.833 bits per heavy atom. The summed E-state index contributed by atoms with van der Waals surface area (Å²) in [5, 5.41) is 38.6. The van der Waals surface area contributed by atoms with Gasteiger partial charge in [0.2, 0.25) is 5.79 Å². The summed E-state index contributed by atoms with van der Waals surface area (Å²) in [7, 11) is 0. The third-order valence-corrected chi connectivity index (χ3v) is 13.9. The van der Waals surface area contributed by atoms with E-state index in [1.807, 2.05) is 6.92 Å². The molecule has 7 aliphatic rings. The van der Waals surface area contributed by atoms with E-state index in [0.29, 0.717) is 25.3 Å². The second-order valence-electron chi connectivity index (χ2n) is 16.6. The van der Waals surface area contributed by atoms with Crippen molar-refractivity contribution in [3.8, 4) is 0 Å². The van der Waals surface area contributed by atoms with Crippen molar-refractivity contribution in [2.24, 2.45) is 40.9 Å². The molecular formula is C35H51NO12. The van der Waals surface area contributed by atoms with Gasteiger partial charge in [0.15, 0.2) is 12.2 Å². The normalized spacial score (nSPS) is 53.3. The molecule has 7 rings (SSSR count). The quantitative estimate of drug-likeness (QED) is 0.288. The van der Waals surface area contributed by atoms with Crippen molar-refractivity contribution in [1.82, 2.24) is 4.90 Å². The zero-order chi connectivity index (χ0) is 34.9. The topological polar surface area (TPSA) is 178 Å². The fourth-order valence-corrected chi connectivity index (χ4v) is 12.6. The van der Waals surface area contributed by atoms with Crippen molar-refractivity contribution >= 4 is 23.9 Å². The van der Waals surface area contributed by atoms with Gasteiger partial charge in [0.1, 0.15) is 17.8 Å². The summed E-state index contributed by atoms with van der Waals surface area (Å²) in [4.78, 5) is 53.0. The van der Waals surface area contributed by atoms with Gasteiger partial charge in [-0.1, -0.05) is 13.8 Å². The zero-order valence-electron chi connectivity index (χ0n) is 29.0. The molecule has 3 aliphatic heterocycles. The molecule has 0 aromatic rings. The van der Waals surface area contributed by atoms with E-state index in [2.05, 4.69) is 11.8 Å². The van der Waals surface area contributed by atoms with Crippen LogP contribution in [0.25, 0.3) is 0 Å². The van der Waals surface area contributed by atoms with Crippen LogP contribution < -0.4 is 0 Å². The van der Waals surface area contributed by atoms with Crippen LogP contribution in [0, 0.1) is 40.9 Å². The molecule has 7 fully saturated rings. The van der Waals surface area contributed by atoms with Crippen LogP contribution in [0.1, 0.15) is 87.0 Å². The Kier molecular flexibility index (Phi) is 7.71. The molecule has 3 N–H and O–H groups in total. The molecule has 3 saturated heterocycles. The highest BCUT2D eigenvalue weighted by atomic mass is 16.7. The Hall–Kier alpha value is -2.32. The molecular weight excluding hydrogens is 626 g/mol. The molecule has 0 aromatic carbocycles. The van der Waals surface area contributed by atoms with Crippen molar-refractivity contribution in [2.45, 2.75) is 140 Å². The number of carbonyl (C=O) groups excluding carboxylic acids is 4. The lowest BCUT2D eigenvalue weighted by molar-refractivity contribution is -0.300. The molecule has 0 radical (unpaired) electrons. The van der Waals surface area contributed by atoms with E-state index in [0.717, 1.165) is 19.4 Å². The van der Waals surface area contributed by atoms with Gasteiger partial charge in [-0.2, -0.15) is 0 Å². The largest absolute Gasteiger partial charge is 0.462 e. The first-order valence-electron chi connectivity index (χ1n) is 17.6. The van der Waals surface area contributed by atoms with Crippen molar-refractivity contribution in [1.29, 1.82) is 0 Å². The molecule has 4 bridgehead atoms. The molecule has 1 spiro atoms. The summed E-state index contributed by atoms with van der Waals surface area (Å²) in [6.07, 6.45) is -1.94. The minimum Gasteiger partial charge on any atom is -0.462 e. The van der Waals surface area contributed by atoms with Gasteiger partial charge in [-0.05, 0) is 63.2 Å². The zero-order valence-corrected chi connectivity index (χ0v) is 29.0. The number of esters is 4. The monoisotopic (exact) mass is 677 g/mol. The predicted molar refractivity (Wildman–Crippen MR) is 164 cm³/mol. The van der Waals surface area contributed by atoms with Gasteiger partial charge >= 0.3 is 23.9 Å². The van der Waals surface area contributed by atoms with Crippen LogP contribution in [0.15, 0.2) is 0 Å². The minimum absolute atomic E-state index is 0.0916. The molecule has 16 atom stereocenters. The highest BCUT2D eigenvalue weighted by Crippen LogP contribution is 2.77. The van der Waals surface area contributed by atoms with Crippen LogP contribution in [0.3, 0.4) is 0 Å². The van der Waals surface area contributed by atoms with E-state index in [-0.39, 0.29) is 18.9 Å². The molecule has 13 heteroatoms. The summed E-state index contributed by atoms with van der Waals surface area (Å²) in [6.45, 7) is 12.2. The van der Waals surface area contributed by atoms with Crippen LogP contribution in [0.5, 0.6) is 0 Å². The average Bonchev–Trinajstić information content (AvgIpc) is 3.23. The fraction of sp³-hybridized carbons (Fsp3) is 0.886. The van der Waals surface area contributed by atoms with Gasteiger partial charge in [0.05, 0.1) is 17.1 Å². The Labute approximate surface area is 280 Å². The molecule has 4 aliphatic carbocycles. The maximum absolute atomic E-state index is 13.6. The van der Waals surface area contributed by atoms with Gasteiger partial charge in [0, 0.05) is 64.1 Å². The molecule has 0 aromatic heterocycles. The number of carbonyl (C=O) groups is 4. The Morgan fingerprint density at radius 3 is 2.10 bits per heavy atom. The van der Waals surface area contributed by atoms with E-state index in [1.165, 1.54) is 27.7 Å². The van der Waals surface area contributed by atoms with Gasteiger partial charge < -0.3 is 39.0 Å². The molecule has 268 valence electrons. The number of aliphatic hydroxyl groups is 3. The van der Waals surface area contributed by atoms with Crippen molar-refractivity contribution in [3.63, 3.8) is 0 Å². The molecule has 4 saturated carbocycles. The maximum Gasteiger partial charge on any atom is 0.303 e. The van der Waals surface area contributed by atoms with Gasteiger partial charge in [-0.15, -0.1) is 0 Å². The summed E-state index contributed by atoms with van der Waals surface area (Å²) in [6, 6.07) is -0.248. The fourth-order valence-electron chi connectivity index (χ4n) is 12.6. The predicted octanol–water partition coefficient (Wildman–Crippen LogP) is 1.47. The first kappa shape index (κ1) is 34.1. The number of hydrogen-bond acceptors (Lipinski definition) is 13. The standard InChI is InChI=1S/C35H51NO12/c1-16-8-9-25-32(7,41)27-21(15-36(25)14-16)22-13-33-29(34(22,42)30(47-20(5)40)28(27)46-19(4)39)23(44-17(2)37)12-24-31(33,6)11-10-26(45-18(3)38)35(24,43)48-33/h16,21-30,41-43H,8-15H2,1-7H3/t16-,21-,22-,23+,24-,25-,26-,27+,28+,29+,30-,31-,32+,33+,34-,35?/m0/s1. The van der Waals surface area contributed by atoms with E-state index in [9.17, 15) is 34.5 Å². The van der Waals surface area contributed by atoms with E-state index < -0.39 is 106 Å². The number of rotatable bonds is 4. The first-order chi connectivity index (χ1) is 22.3. The van der Waals surface area contributed by atoms with Crippen LogP contribution in [0.2, 0.25) is 0 Å². The third-order valence-electron chi connectivity index (χ3n) is 13.9. The molecule has 1 unspecified atom stereocenters. The van der Waals surface area contributed by atoms with Gasteiger partial charge in [-0.3, -0.25) is 24.1 Å². The third kappa shape index (κ3) is 4.39. The highest BCUT2D eigenvalue weighted by molar-refractivity contribution is 5.68. The SMILES string of the molecule is CC(=O)O[C@@H]1[C@H]2[C@@H](CN3C[C@@H](C)CC[C@H]3[C@@]2(C)O)[C@@H]2C[C@]34OC5(O)[C@@H](OC(C)=O)CC[C@@]3(C)[C@@H]5C[C@@H](OC(C)=O)[C@H]4[C@]2(O)[C@H]1OC(C)=O. The van der Waals surface area contributed by atoms with Crippen LogP contribution >= 0.6 is 0 Å². The Bertz CT molecular complexity index is 1400. The molecule has 48 heavy (non-hydrogen) atoms. The molecule has 0 amide bonds. The number of hydrogen-bond donors (Lipinski definition) is 3. The van der Waals surface area contributed by atoms with E-state index in [1.54, 1.807) is 6.92 Å². The Balaban J connectivity index is 1.45. The lowest BCUT2D eigenvalue weighted by Gasteiger charge is -2.64. The molecule has 3 heterocycles. The summed E-state index contributed by atoms with van der Waals surface area (Å²) in [5.74, 6) is -7.62. The lowest BCUT2D eigenvalue weighted by atomic mass is 9.49. The summed E-state index contributed by atoms with van der Waals surface area (Å²) in [5.41, 5.74) is -5.48. The number of ether oxygens (including phenoxy) is 5.